The molecule has 78 valence electrons. The van der Waals surface area contributed by atoms with Gasteiger partial charge in [0, 0.05) is 0 Å². The summed E-state index contributed by atoms with van der Waals surface area (Å²) in [5, 5.41) is 9.44. The lowest BCUT2D eigenvalue weighted by Crippen LogP contribution is -2.24. The molecule has 0 aromatic heterocycles. The van der Waals surface area contributed by atoms with Crippen LogP contribution < -0.4 is 5.73 Å². The maximum Gasteiger partial charge on any atom is 0.0704 e. The van der Waals surface area contributed by atoms with Crippen LogP contribution in [0.3, 0.4) is 0 Å². The summed E-state index contributed by atoms with van der Waals surface area (Å²) in [4.78, 5) is 0. The van der Waals surface area contributed by atoms with E-state index in [1.807, 2.05) is 18.2 Å². The first-order chi connectivity index (χ1) is 6.66. The van der Waals surface area contributed by atoms with Crippen molar-refractivity contribution >= 4 is 0 Å². The number of nitrogens with two attached hydrogens (primary N) is 1. The third-order valence-corrected chi connectivity index (χ3v) is 2.45. The molecule has 0 radical (unpaired) electrons. The topological polar surface area (TPSA) is 46.2 Å². The summed E-state index contributed by atoms with van der Waals surface area (Å²) in [6.45, 7) is 3.87. The fraction of sp³-hybridized carbons (Fsp3) is 0.500. The fourth-order valence-electron chi connectivity index (χ4n) is 1.62. The van der Waals surface area contributed by atoms with Gasteiger partial charge in [0.25, 0.3) is 0 Å². The zero-order valence-corrected chi connectivity index (χ0v) is 8.90. The Kier molecular flexibility index (Phi) is 4.11. The van der Waals surface area contributed by atoms with Crippen molar-refractivity contribution in [1.82, 2.24) is 0 Å². The van der Waals surface area contributed by atoms with Crippen LogP contribution in [0.1, 0.15) is 37.4 Å². The molecule has 0 amide bonds. The Hall–Kier alpha value is -0.860. The highest BCUT2D eigenvalue weighted by atomic mass is 16.3. The molecule has 2 nitrogen and oxygen atoms in total. The van der Waals surface area contributed by atoms with Crippen LogP contribution in [0.15, 0.2) is 24.3 Å². The van der Waals surface area contributed by atoms with Crippen molar-refractivity contribution in [2.45, 2.75) is 38.8 Å². The van der Waals surface area contributed by atoms with Gasteiger partial charge in [0.1, 0.15) is 0 Å². The van der Waals surface area contributed by atoms with Gasteiger partial charge in [-0.3, -0.25) is 0 Å². The first kappa shape index (κ1) is 11.2. The summed E-state index contributed by atoms with van der Waals surface area (Å²) in [5.74, 6) is 0. The Labute approximate surface area is 85.8 Å². The van der Waals surface area contributed by atoms with E-state index in [2.05, 4.69) is 13.0 Å². The standard InChI is InChI=1S/C12H19NO/c1-3-6-10-7-4-5-8-11(10)12(13)9(2)14/h4-5,7-9,12,14H,3,6,13H2,1-2H3/t9-,12+/m0/s1. The maximum absolute atomic E-state index is 9.44. The number of aliphatic hydroxyl groups is 1. The smallest absolute Gasteiger partial charge is 0.0704 e. The van der Waals surface area contributed by atoms with E-state index < -0.39 is 6.10 Å². The number of hydrogen-bond acceptors (Lipinski definition) is 2. The van der Waals surface area contributed by atoms with Crippen molar-refractivity contribution in [2.24, 2.45) is 5.73 Å². The largest absolute Gasteiger partial charge is 0.391 e. The predicted molar refractivity (Wildman–Crippen MR) is 59.0 cm³/mol. The van der Waals surface area contributed by atoms with Crippen molar-refractivity contribution in [2.75, 3.05) is 0 Å². The van der Waals surface area contributed by atoms with Gasteiger partial charge >= 0.3 is 0 Å². The van der Waals surface area contributed by atoms with Crippen molar-refractivity contribution in [1.29, 1.82) is 0 Å². The minimum atomic E-state index is -0.493. The third-order valence-electron chi connectivity index (χ3n) is 2.45. The van der Waals surface area contributed by atoms with Crippen molar-refractivity contribution in [3.63, 3.8) is 0 Å². The van der Waals surface area contributed by atoms with Gasteiger partial charge in [0.15, 0.2) is 0 Å². The van der Waals surface area contributed by atoms with E-state index in [1.54, 1.807) is 6.92 Å². The van der Waals surface area contributed by atoms with Gasteiger partial charge in [-0.1, -0.05) is 37.6 Å². The van der Waals surface area contributed by atoms with Crippen molar-refractivity contribution < 1.29 is 5.11 Å². The molecule has 0 fully saturated rings. The van der Waals surface area contributed by atoms with Gasteiger partial charge in [-0.05, 0) is 24.5 Å². The van der Waals surface area contributed by atoms with E-state index in [1.165, 1.54) is 5.56 Å². The van der Waals surface area contributed by atoms with Crippen LogP contribution in [0, 0.1) is 0 Å². The molecule has 0 aliphatic rings. The number of benzene rings is 1. The Morgan fingerprint density at radius 1 is 1.36 bits per heavy atom. The molecule has 14 heavy (non-hydrogen) atoms. The molecule has 1 rings (SSSR count). The Morgan fingerprint density at radius 2 is 2.00 bits per heavy atom. The third kappa shape index (κ3) is 2.56. The summed E-state index contributed by atoms with van der Waals surface area (Å²) < 4.78 is 0. The van der Waals surface area contributed by atoms with Crippen LogP contribution in [0.4, 0.5) is 0 Å². The zero-order valence-electron chi connectivity index (χ0n) is 8.90. The molecule has 0 aliphatic heterocycles. The Balaban J connectivity index is 2.94. The number of hydrogen-bond donors (Lipinski definition) is 2. The fourth-order valence-corrected chi connectivity index (χ4v) is 1.62. The molecule has 1 aromatic rings. The zero-order chi connectivity index (χ0) is 10.6. The molecular formula is C12H19NO. The SMILES string of the molecule is CCCc1ccccc1[C@H](N)[C@H](C)O. The van der Waals surface area contributed by atoms with Gasteiger partial charge in [-0.15, -0.1) is 0 Å². The molecule has 2 heteroatoms. The second kappa shape index (κ2) is 5.13. The first-order valence-electron chi connectivity index (χ1n) is 5.18. The molecule has 0 saturated carbocycles. The van der Waals surface area contributed by atoms with Gasteiger partial charge in [0.2, 0.25) is 0 Å². The van der Waals surface area contributed by atoms with Crippen molar-refractivity contribution in [3.8, 4) is 0 Å². The average Bonchev–Trinajstić information content (AvgIpc) is 2.18. The Morgan fingerprint density at radius 3 is 2.57 bits per heavy atom. The quantitative estimate of drug-likeness (QED) is 0.768. The molecule has 2 atom stereocenters. The summed E-state index contributed by atoms with van der Waals surface area (Å²) in [5.41, 5.74) is 8.25. The van der Waals surface area contributed by atoms with Crippen LogP contribution in [0.2, 0.25) is 0 Å². The van der Waals surface area contributed by atoms with E-state index in [-0.39, 0.29) is 6.04 Å². The lowest BCUT2D eigenvalue weighted by Gasteiger charge is -2.18. The minimum Gasteiger partial charge on any atom is -0.391 e. The van der Waals surface area contributed by atoms with Gasteiger partial charge in [-0.2, -0.15) is 0 Å². The molecule has 0 bridgehead atoms. The van der Waals surface area contributed by atoms with E-state index in [0.717, 1.165) is 18.4 Å². The van der Waals surface area contributed by atoms with Crippen molar-refractivity contribution in [3.05, 3.63) is 35.4 Å². The maximum atomic E-state index is 9.44. The summed E-state index contributed by atoms with van der Waals surface area (Å²) in [6.07, 6.45) is 1.63. The van der Waals surface area contributed by atoms with Crippen LogP contribution in [0.5, 0.6) is 0 Å². The first-order valence-corrected chi connectivity index (χ1v) is 5.18. The number of aryl methyl sites for hydroxylation is 1. The average molecular weight is 193 g/mol. The van der Waals surface area contributed by atoms with E-state index >= 15 is 0 Å². The number of rotatable bonds is 4. The molecule has 0 heterocycles. The summed E-state index contributed by atoms with van der Waals surface area (Å²) in [6, 6.07) is 7.81. The highest BCUT2D eigenvalue weighted by Crippen LogP contribution is 2.20. The normalized spacial score (nSPS) is 15.1. The second-order valence-electron chi connectivity index (χ2n) is 3.72. The highest BCUT2D eigenvalue weighted by Gasteiger charge is 2.14. The summed E-state index contributed by atoms with van der Waals surface area (Å²) in [7, 11) is 0. The molecular weight excluding hydrogens is 174 g/mol. The van der Waals surface area contributed by atoms with Crippen LogP contribution in [0.25, 0.3) is 0 Å². The molecule has 0 unspecified atom stereocenters. The lowest BCUT2D eigenvalue weighted by molar-refractivity contribution is 0.164. The van der Waals surface area contributed by atoms with E-state index in [0.29, 0.717) is 0 Å². The van der Waals surface area contributed by atoms with Crippen LogP contribution >= 0.6 is 0 Å². The molecule has 3 N–H and O–H groups in total. The van der Waals surface area contributed by atoms with Gasteiger partial charge in [0.05, 0.1) is 12.1 Å². The minimum absolute atomic E-state index is 0.266. The molecule has 0 spiro atoms. The molecule has 1 aromatic carbocycles. The highest BCUT2D eigenvalue weighted by molar-refractivity contribution is 5.30. The summed E-state index contributed by atoms with van der Waals surface area (Å²) >= 11 is 0. The van der Waals surface area contributed by atoms with E-state index in [9.17, 15) is 5.11 Å². The molecule has 0 aliphatic carbocycles. The van der Waals surface area contributed by atoms with Gasteiger partial charge < -0.3 is 10.8 Å². The van der Waals surface area contributed by atoms with E-state index in [4.69, 9.17) is 5.73 Å². The number of aliphatic hydroxyl groups excluding tert-OH is 1. The van der Waals surface area contributed by atoms with Crippen LogP contribution in [-0.2, 0) is 6.42 Å². The predicted octanol–water partition coefficient (Wildman–Crippen LogP) is 2.02. The monoisotopic (exact) mass is 193 g/mol. The second-order valence-corrected chi connectivity index (χ2v) is 3.72. The molecule has 0 saturated heterocycles. The van der Waals surface area contributed by atoms with Crippen LogP contribution in [-0.4, -0.2) is 11.2 Å². The van der Waals surface area contributed by atoms with Gasteiger partial charge in [-0.25, -0.2) is 0 Å². The lowest BCUT2D eigenvalue weighted by atomic mass is 9.95. The Bertz CT molecular complexity index is 283.